The Kier molecular flexibility index (Phi) is 6.06. The quantitative estimate of drug-likeness (QED) is 0.733. The number of hydrogen-bond acceptors (Lipinski definition) is 4. The summed E-state index contributed by atoms with van der Waals surface area (Å²) in [7, 11) is 0. The molecule has 2 N–H and O–H groups in total. The fourth-order valence-corrected chi connectivity index (χ4v) is 1.97. The molecular weight excluding hydrogens is 268 g/mol. The van der Waals surface area contributed by atoms with Gasteiger partial charge in [0.2, 0.25) is 0 Å². The van der Waals surface area contributed by atoms with Gasteiger partial charge in [0.1, 0.15) is 11.5 Å². The van der Waals surface area contributed by atoms with Crippen LogP contribution < -0.4 is 9.47 Å². The van der Waals surface area contributed by atoms with Gasteiger partial charge >= 0.3 is 0 Å². The molecular formula is C17H20O4. The fraction of sp³-hybridized carbons (Fsp3) is 0.294. The van der Waals surface area contributed by atoms with Gasteiger partial charge in [-0.1, -0.05) is 36.4 Å². The number of aliphatic hydroxyl groups excluding tert-OH is 2. The van der Waals surface area contributed by atoms with Crippen LogP contribution in [0.15, 0.2) is 48.5 Å². The molecule has 0 aliphatic carbocycles. The number of aliphatic hydroxyl groups is 2. The van der Waals surface area contributed by atoms with Gasteiger partial charge in [0.15, 0.2) is 0 Å². The lowest BCUT2D eigenvalue weighted by Gasteiger charge is -2.12. The van der Waals surface area contributed by atoms with Crippen molar-refractivity contribution >= 4 is 0 Å². The highest BCUT2D eigenvalue weighted by Gasteiger charge is 2.03. The van der Waals surface area contributed by atoms with Crippen LogP contribution in [-0.2, 0) is 13.2 Å². The van der Waals surface area contributed by atoms with E-state index in [0.29, 0.717) is 24.7 Å². The smallest absolute Gasteiger partial charge is 0.124 e. The molecule has 21 heavy (non-hydrogen) atoms. The van der Waals surface area contributed by atoms with Crippen LogP contribution in [0.2, 0.25) is 0 Å². The topological polar surface area (TPSA) is 58.9 Å². The van der Waals surface area contributed by atoms with Gasteiger partial charge < -0.3 is 19.7 Å². The van der Waals surface area contributed by atoms with Crippen molar-refractivity contribution in [3.05, 3.63) is 59.7 Å². The molecule has 4 heteroatoms. The van der Waals surface area contributed by atoms with Crippen molar-refractivity contribution in [3.8, 4) is 11.5 Å². The number of para-hydroxylation sites is 2. The van der Waals surface area contributed by atoms with Gasteiger partial charge in [0, 0.05) is 17.5 Å². The Bertz CT molecular complexity index is 504. The average Bonchev–Trinajstić information content (AvgIpc) is 2.55. The number of hydrogen-bond donors (Lipinski definition) is 2. The molecule has 0 aromatic heterocycles. The van der Waals surface area contributed by atoms with Crippen LogP contribution in [0.5, 0.6) is 11.5 Å². The summed E-state index contributed by atoms with van der Waals surface area (Å²) in [4.78, 5) is 0. The van der Waals surface area contributed by atoms with E-state index in [9.17, 15) is 10.2 Å². The lowest BCUT2D eigenvalue weighted by molar-refractivity contribution is 0.229. The lowest BCUT2D eigenvalue weighted by Crippen LogP contribution is -2.07. The molecule has 0 heterocycles. The van der Waals surface area contributed by atoms with Crippen LogP contribution in [0.4, 0.5) is 0 Å². The van der Waals surface area contributed by atoms with Crippen molar-refractivity contribution in [2.75, 3.05) is 13.2 Å². The van der Waals surface area contributed by atoms with Crippen molar-refractivity contribution < 1.29 is 19.7 Å². The Morgan fingerprint density at radius 1 is 0.667 bits per heavy atom. The number of rotatable bonds is 8. The first kappa shape index (κ1) is 15.4. The van der Waals surface area contributed by atoms with E-state index < -0.39 is 0 Å². The molecule has 0 saturated heterocycles. The molecule has 112 valence electrons. The Morgan fingerprint density at radius 3 is 1.52 bits per heavy atom. The standard InChI is InChI=1S/C17H20O4/c18-12-14-6-1-3-8-16(14)20-10-5-11-21-17-9-4-2-7-15(17)13-19/h1-4,6-9,18-19H,5,10-13H2. The maximum Gasteiger partial charge on any atom is 0.124 e. The second kappa shape index (κ2) is 8.29. The SMILES string of the molecule is OCc1ccccc1OCCCOc1ccccc1CO. The third-order valence-electron chi connectivity index (χ3n) is 3.09. The van der Waals surface area contributed by atoms with Crippen molar-refractivity contribution in [3.63, 3.8) is 0 Å². The monoisotopic (exact) mass is 288 g/mol. The Morgan fingerprint density at radius 2 is 1.10 bits per heavy atom. The Hall–Kier alpha value is -2.04. The van der Waals surface area contributed by atoms with Gasteiger partial charge in [0.25, 0.3) is 0 Å². The minimum atomic E-state index is -0.0312. The summed E-state index contributed by atoms with van der Waals surface area (Å²) in [6.07, 6.45) is 0.722. The summed E-state index contributed by atoms with van der Waals surface area (Å²) in [6, 6.07) is 14.8. The normalized spacial score (nSPS) is 10.4. The molecule has 4 nitrogen and oxygen atoms in total. The second-order valence-corrected chi connectivity index (χ2v) is 4.58. The predicted octanol–water partition coefficient (Wildman–Crippen LogP) is 2.52. The molecule has 0 saturated carbocycles. The average molecular weight is 288 g/mol. The minimum absolute atomic E-state index is 0.0312. The Balaban J connectivity index is 1.75. The number of ether oxygens (including phenoxy) is 2. The number of benzene rings is 2. The molecule has 0 aliphatic heterocycles. The summed E-state index contributed by atoms with van der Waals surface area (Å²) in [5, 5.41) is 18.4. The van der Waals surface area contributed by atoms with E-state index in [-0.39, 0.29) is 13.2 Å². The van der Waals surface area contributed by atoms with Crippen LogP contribution in [0.1, 0.15) is 17.5 Å². The van der Waals surface area contributed by atoms with Crippen LogP contribution in [-0.4, -0.2) is 23.4 Å². The van der Waals surface area contributed by atoms with E-state index >= 15 is 0 Å². The van der Waals surface area contributed by atoms with Crippen molar-refractivity contribution in [1.82, 2.24) is 0 Å². The fourth-order valence-electron chi connectivity index (χ4n) is 1.97. The summed E-state index contributed by atoms with van der Waals surface area (Å²) in [5.41, 5.74) is 1.56. The van der Waals surface area contributed by atoms with Gasteiger partial charge in [-0.3, -0.25) is 0 Å². The van der Waals surface area contributed by atoms with Crippen molar-refractivity contribution in [2.45, 2.75) is 19.6 Å². The molecule has 0 spiro atoms. The summed E-state index contributed by atoms with van der Waals surface area (Å²) in [6.45, 7) is 0.962. The molecule has 0 fully saturated rings. The zero-order chi connectivity index (χ0) is 14.9. The zero-order valence-electron chi connectivity index (χ0n) is 11.9. The van der Waals surface area contributed by atoms with Crippen molar-refractivity contribution in [1.29, 1.82) is 0 Å². The van der Waals surface area contributed by atoms with Crippen LogP contribution in [0.3, 0.4) is 0 Å². The first-order chi connectivity index (χ1) is 10.3. The van der Waals surface area contributed by atoms with E-state index in [1.807, 2.05) is 48.5 Å². The molecule has 0 bridgehead atoms. The summed E-state index contributed by atoms with van der Waals surface area (Å²) in [5.74, 6) is 1.41. The van der Waals surface area contributed by atoms with Gasteiger partial charge in [0.05, 0.1) is 26.4 Å². The molecule has 0 unspecified atom stereocenters. The second-order valence-electron chi connectivity index (χ2n) is 4.58. The summed E-state index contributed by atoms with van der Waals surface area (Å²) < 4.78 is 11.3. The minimum Gasteiger partial charge on any atom is -0.493 e. The first-order valence-corrected chi connectivity index (χ1v) is 6.98. The van der Waals surface area contributed by atoms with Gasteiger partial charge in [-0.2, -0.15) is 0 Å². The highest BCUT2D eigenvalue weighted by molar-refractivity contribution is 5.33. The van der Waals surface area contributed by atoms with E-state index in [1.165, 1.54) is 0 Å². The molecule has 2 aromatic rings. The van der Waals surface area contributed by atoms with Crippen LogP contribution in [0, 0.1) is 0 Å². The van der Waals surface area contributed by atoms with Gasteiger partial charge in [-0.25, -0.2) is 0 Å². The van der Waals surface area contributed by atoms with Gasteiger partial charge in [-0.15, -0.1) is 0 Å². The van der Waals surface area contributed by atoms with Gasteiger partial charge in [-0.05, 0) is 12.1 Å². The first-order valence-electron chi connectivity index (χ1n) is 6.98. The highest BCUT2D eigenvalue weighted by atomic mass is 16.5. The maximum absolute atomic E-state index is 9.20. The molecule has 0 amide bonds. The molecule has 0 atom stereocenters. The lowest BCUT2D eigenvalue weighted by atomic mass is 10.2. The van der Waals surface area contributed by atoms with Crippen LogP contribution >= 0.6 is 0 Å². The van der Waals surface area contributed by atoms with E-state index in [2.05, 4.69) is 0 Å². The Labute approximate surface area is 124 Å². The van der Waals surface area contributed by atoms with E-state index in [4.69, 9.17) is 9.47 Å². The third kappa shape index (κ3) is 4.48. The highest BCUT2D eigenvalue weighted by Crippen LogP contribution is 2.19. The van der Waals surface area contributed by atoms with E-state index in [0.717, 1.165) is 17.5 Å². The third-order valence-corrected chi connectivity index (χ3v) is 3.09. The zero-order valence-corrected chi connectivity index (χ0v) is 11.9. The van der Waals surface area contributed by atoms with Crippen molar-refractivity contribution in [2.24, 2.45) is 0 Å². The molecule has 2 rings (SSSR count). The van der Waals surface area contributed by atoms with E-state index in [1.54, 1.807) is 0 Å². The predicted molar refractivity (Wildman–Crippen MR) is 80.3 cm³/mol. The molecule has 0 radical (unpaired) electrons. The maximum atomic E-state index is 9.20. The summed E-state index contributed by atoms with van der Waals surface area (Å²) >= 11 is 0. The molecule has 0 aliphatic rings. The largest absolute Gasteiger partial charge is 0.493 e. The molecule has 2 aromatic carbocycles. The van der Waals surface area contributed by atoms with Crippen LogP contribution in [0.25, 0.3) is 0 Å².